The van der Waals surface area contributed by atoms with E-state index in [-0.39, 0.29) is 0 Å². The number of rotatable bonds is 7. The molecule has 0 atom stereocenters. The Kier molecular flexibility index (Phi) is 67.3. The molecule has 14 rings (SSSR count). The van der Waals surface area contributed by atoms with Crippen molar-refractivity contribution < 1.29 is 0 Å². The second kappa shape index (κ2) is 71.7. The first-order chi connectivity index (χ1) is 52.1. The van der Waals surface area contributed by atoms with Crippen LogP contribution in [0.1, 0.15) is 158 Å². The predicted molar refractivity (Wildman–Crippen MR) is 484 cm³/mol. The summed E-state index contributed by atoms with van der Waals surface area (Å²) in [5, 5.41) is 2.62. The zero-order valence-electron chi connectivity index (χ0n) is 69.0. The van der Waals surface area contributed by atoms with E-state index in [0.29, 0.717) is 0 Å². The van der Waals surface area contributed by atoms with Crippen molar-refractivity contribution in [2.45, 2.75) is 159 Å². The van der Waals surface area contributed by atoms with Crippen LogP contribution in [-0.4, -0.2) is 0 Å². The molecule has 0 amide bonds. The molecule has 0 bridgehead atoms. The first-order valence-electron chi connectivity index (χ1n) is 39.3. The SMILES string of the molecule is CC.CC.CC.CC.CC.CC.CC.CC.CC.CC.CC.Cc1ccccc1.c1ccc(-c2ccc(-c3ccccc3)cc2)cc1.c1ccc(-c2cccc(-c3ccccc3)c2)cc1.c1ccc(-c2ccccc2)cc1.c1ccc(-c2ccccc2-c2ccccc2)cc1.c1ccc2ccccc2c1. The summed E-state index contributed by atoms with van der Waals surface area (Å²) in [6.07, 6.45) is 0. The largest absolute Gasteiger partial charge is 0.0683 e. The summed E-state index contributed by atoms with van der Waals surface area (Å²) < 4.78 is 0. The van der Waals surface area contributed by atoms with Crippen LogP contribution < -0.4 is 0 Å². The highest BCUT2D eigenvalue weighted by Crippen LogP contribution is 2.32. The molecule has 0 nitrogen and oxygen atoms in total. The van der Waals surface area contributed by atoms with Gasteiger partial charge in [0, 0.05) is 0 Å². The molecule has 0 N–H and O–H groups in total. The molecule has 0 saturated carbocycles. The second-order valence-electron chi connectivity index (χ2n) is 19.6. The molecule has 0 saturated heterocycles. The number of aryl methyl sites for hydroxylation is 1. The Labute approximate surface area is 643 Å². The Morgan fingerprint density at radius 1 is 0.114 bits per heavy atom. The highest BCUT2D eigenvalue weighted by Gasteiger charge is 2.06. The van der Waals surface area contributed by atoms with Gasteiger partial charge in [0.2, 0.25) is 0 Å². The van der Waals surface area contributed by atoms with Crippen molar-refractivity contribution in [1.82, 2.24) is 0 Å². The molecule has 0 aliphatic carbocycles. The molecule has 0 aromatic heterocycles. The van der Waals surface area contributed by atoms with Gasteiger partial charge in [-0.15, -0.1) is 0 Å². The van der Waals surface area contributed by atoms with Gasteiger partial charge in [-0.2, -0.15) is 0 Å². The minimum Gasteiger partial charge on any atom is -0.0683 e. The molecule has 554 valence electrons. The van der Waals surface area contributed by atoms with Gasteiger partial charge in [-0.3, -0.25) is 0 Å². The van der Waals surface area contributed by atoms with Crippen molar-refractivity contribution in [3.05, 3.63) is 400 Å². The van der Waals surface area contributed by atoms with Crippen LogP contribution in [0.4, 0.5) is 0 Å². The van der Waals surface area contributed by atoms with Crippen LogP contribution in [0.15, 0.2) is 394 Å². The van der Waals surface area contributed by atoms with E-state index < -0.39 is 0 Å². The molecular formula is C105H134. The maximum absolute atomic E-state index is 2.24. The minimum absolute atomic E-state index is 1.26. The summed E-state index contributed by atoms with van der Waals surface area (Å²) in [6.45, 7) is 46.1. The lowest BCUT2D eigenvalue weighted by Crippen LogP contribution is -1.83. The Balaban J connectivity index is -0.00000115. The van der Waals surface area contributed by atoms with Crippen molar-refractivity contribution in [3.8, 4) is 77.9 Å². The summed E-state index contributed by atoms with van der Waals surface area (Å²) >= 11 is 0. The first kappa shape index (κ1) is 98.5. The van der Waals surface area contributed by atoms with E-state index in [2.05, 4.69) is 347 Å². The van der Waals surface area contributed by atoms with Gasteiger partial charge in [-0.1, -0.05) is 546 Å². The monoisotopic (exact) mass is 1400 g/mol. The third-order valence-corrected chi connectivity index (χ3v) is 13.8. The van der Waals surface area contributed by atoms with Crippen LogP contribution in [0.3, 0.4) is 0 Å². The third-order valence-electron chi connectivity index (χ3n) is 13.8. The molecule has 0 spiro atoms. The van der Waals surface area contributed by atoms with Crippen molar-refractivity contribution in [1.29, 1.82) is 0 Å². The van der Waals surface area contributed by atoms with E-state index in [9.17, 15) is 0 Å². The average Bonchev–Trinajstić information content (AvgIpc) is 0.827. The van der Waals surface area contributed by atoms with Gasteiger partial charge in [0.25, 0.3) is 0 Å². The van der Waals surface area contributed by atoms with Crippen LogP contribution in [0.5, 0.6) is 0 Å². The van der Waals surface area contributed by atoms with Crippen molar-refractivity contribution in [2.75, 3.05) is 0 Å². The zero-order valence-corrected chi connectivity index (χ0v) is 69.0. The molecule has 0 heterocycles. The van der Waals surface area contributed by atoms with Gasteiger partial charge in [-0.25, -0.2) is 0 Å². The molecule has 14 aromatic rings. The Bertz CT molecular complexity index is 3730. The van der Waals surface area contributed by atoms with Crippen LogP contribution in [0.2, 0.25) is 0 Å². The van der Waals surface area contributed by atoms with Crippen LogP contribution >= 0.6 is 0 Å². The zero-order chi connectivity index (χ0) is 78.8. The molecule has 0 fully saturated rings. The van der Waals surface area contributed by atoms with E-state index >= 15 is 0 Å². The molecule has 0 aliphatic rings. The molecular weight excluding hydrogens is 1260 g/mol. The quantitative estimate of drug-likeness (QED) is 0.149. The van der Waals surface area contributed by atoms with E-state index in [0.717, 1.165) is 0 Å². The van der Waals surface area contributed by atoms with Gasteiger partial charge in [0.05, 0.1) is 0 Å². The highest BCUT2D eigenvalue weighted by molar-refractivity contribution is 5.84. The standard InChI is InChI=1S/3C18H14.C12H10.C10H8.C7H8.11C2H6/c1-3-9-15(10-4-1)17-13-7-8-14-18(17)16-11-5-2-6-12-16;1-3-8-15(9-4-1)17-12-7-13-18(14-17)16-10-5-2-6-11-16;1-3-7-15(8-4-1)17-11-13-18(14-12-17)16-9-5-2-6-10-16;1-3-7-11(8-4-1)12-9-5-2-6-10-12;1-2-6-10-8-4-3-7-9(10)5-1;1-7-5-3-2-4-6-7;11*1-2/h3*1-14H;1-10H;1-8H;2-6H,1H3;11*1-2H3. The smallest absolute Gasteiger partial charge is 0.0105 e. The number of fused-ring (bicyclic) bond motifs is 1. The van der Waals surface area contributed by atoms with Gasteiger partial charge in [0.1, 0.15) is 0 Å². The fourth-order valence-electron chi connectivity index (χ4n) is 9.41. The van der Waals surface area contributed by atoms with E-state index in [1.807, 2.05) is 207 Å². The van der Waals surface area contributed by atoms with Gasteiger partial charge in [-0.05, 0) is 102 Å². The lowest BCUT2D eigenvalue weighted by atomic mass is 9.95. The topological polar surface area (TPSA) is 0 Å². The van der Waals surface area contributed by atoms with Crippen molar-refractivity contribution >= 4 is 10.8 Å². The number of benzene rings is 14. The summed E-state index contributed by atoms with van der Waals surface area (Å²) in [7, 11) is 0. The van der Waals surface area contributed by atoms with Gasteiger partial charge >= 0.3 is 0 Å². The molecule has 0 unspecified atom stereocenters. The van der Waals surface area contributed by atoms with E-state index in [1.54, 1.807) is 0 Å². The molecule has 14 aromatic carbocycles. The first-order valence-corrected chi connectivity index (χ1v) is 39.3. The van der Waals surface area contributed by atoms with Crippen LogP contribution in [0, 0.1) is 6.92 Å². The maximum atomic E-state index is 2.24. The van der Waals surface area contributed by atoms with Gasteiger partial charge in [0.15, 0.2) is 0 Å². The summed E-state index contributed by atoms with van der Waals surface area (Å²) in [6, 6.07) is 137. The van der Waals surface area contributed by atoms with E-state index in [1.165, 1.54) is 94.2 Å². The van der Waals surface area contributed by atoms with E-state index in [4.69, 9.17) is 0 Å². The third kappa shape index (κ3) is 40.7. The normalized spacial score (nSPS) is 8.52. The maximum Gasteiger partial charge on any atom is -0.0105 e. The Hall–Kier alpha value is -10.7. The molecule has 105 heavy (non-hydrogen) atoms. The lowest BCUT2D eigenvalue weighted by Gasteiger charge is -2.09. The predicted octanol–water partition coefficient (Wildman–Crippen LogP) is 34.5. The van der Waals surface area contributed by atoms with Crippen molar-refractivity contribution in [2.24, 2.45) is 0 Å². The fourth-order valence-corrected chi connectivity index (χ4v) is 9.41. The number of hydrogen-bond donors (Lipinski definition) is 0. The second-order valence-corrected chi connectivity index (χ2v) is 19.6. The lowest BCUT2D eigenvalue weighted by molar-refractivity contribution is 1.48. The molecule has 0 aliphatic heterocycles. The summed E-state index contributed by atoms with van der Waals surface area (Å²) in [5.41, 5.74) is 19.0. The minimum atomic E-state index is 1.26. The van der Waals surface area contributed by atoms with Crippen LogP contribution in [0.25, 0.3) is 88.7 Å². The van der Waals surface area contributed by atoms with Gasteiger partial charge < -0.3 is 0 Å². The Morgan fingerprint density at radius 3 is 0.448 bits per heavy atom. The summed E-state index contributed by atoms with van der Waals surface area (Å²) in [4.78, 5) is 0. The Morgan fingerprint density at radius 2 is 0.257 bits per heavy atom. The average molecular weight is 1400 g/mol. The fraction of sp³-hybridized carbons (Fsp3) is 0.219. The molecule has 0 radical (unpaired) electrons. The highest BCUT2D eigenvalue weighted by atomic mass is 14.1. The summed E-state index contributed by atoms with van der Waals surface area (Å²) in [5.74, 6) is 0. The van der Waals surface area contributed by atoms with Crippen LogP contribution in [-0.2, 0) is 0 Å². The van der Waals surface area contributed by atoms with Crippen molar-refractivity contribution in [3.63, 3.8) is 0 Å². The molecule has 0 heteroatoms. The number of hydrogen-bond acceptors (Lipinski definition) is 0.